The average Bonchev–Trinajstić information content (AvgIpc) is 4.01. The Morgan fingerprint density at radius 1 is 0.435 bits per heavy atom. The molecule has 0 saturated carbocycles. The van der Waals surface area contributed by atoms with E-state index in [0.717, 1.165) is 22.6 Å². The average molecular weight is 797 g/mol. The van der Waals surface area contributed by atoms with Crippen LogP contribution in [0.25, 0.3) is 71.5 Å². The number of halogens is 1. The van der Waals surface area contributed by atoms with E-state index in [1.165, 1.54) is 106 Å². The number of rotatable bonds is 4. The molecular weight excluding hydrogens is 756 g/mol. The number of para-hydroxylation sites is 2. The van der Waals surface area contributed by atoms with Crippen LogP contribution >= 0.6 is 0 Å². The van der Waals surface area contributed by atoms with Crippen LogP contribution in [0.15, 0.2) is 194 Å². The maximum Gasteiger partial charge on any atom is 0.123 e. The fraction of sp³-hybridized carbons (Fsp3) is 0.0847. The van der Waals surface area contributed by atoms with Gasteiger partial charge < -0.3 is 9.30 Å². The summed E-state index contributed by atoms with van der Waals surface area (Å²) in [7, 11) is 0. The summed E-state index contributed by atoms with van der Waals surface area (Å²) in [5, 5.41) is 5.17. The Hall–Kier alpha value is -7.49. The van der Waals surface area contributed by atoms with E-state index in [1.54, 1.807) is 0 Å². The van der Waals surface area contributed by atoms with E-state index in [0.29, 0.717) is 0 Å². The van der Waals surface area contributed by atoms with Gasteiger partial charge in [0.2, 0.25) is 0 Å². The lowest BCUT2D eigenvalue weighted by Crippen LogP contribution is -2.25. The molecule has 0 N–H and O–H groups in total. The Bertz CT molecular complexity index is 3560. The third-order valence-electron chi connectivity index (χ3n) is 14.0. The molecular formula is C59H41FN2. The highest BCUT2D eigenvalue weighted by atomic mass is 19.1. The van der Waals surface area contributed by atoms with Crippen molar-refractivity contribution in [3.05, 3.63) is 228 Å². The maximum atomic E-state index is 14.2. The van der Waals surface area contributed by atoms with Crippen LogP contribution < -0.4 is 4.90 Å². The van der Waals surface area contributed by atoms with Crippen molar-refractivity contribution >= 4 is 55.2 Å². The topological polar surface area (TPSA) is 7.65 Å². The summed E-state index contributed by atoms with van der Waals surface area (Å²) in [4.78, 5) is 2.21. The number of fused-ring (bicyclic) bond motifs is 17. The van der Waals surface area contributed by atoms with E-state index >= 15 is 0 Å². The van der Waals surface area contributed by atoms with Gasteiger partial charge in [0.1, 0.15) is 5.82 Å². The summed E-state index contributed by atoms with van der Waals surface area (Å²) in [5.74, 6) is -0.249. The van der Waals surface area contributed by atoms with Crippen molar-refractivity contribution < 1.29 is 4.39 Å². The van der Waals surface area contributed by atoms with E-state index in [4.69, 9.17) is 0 Å². The molecule has 11 aromatic rings. The summed E-state index contributed by atoms with van der Waals surface area (Å²) in [6.07, 6.45) is 0. The molecule has 0 fully saturated rings. The molecule has 0 atom stereocenters. The Balaban J connectivity index is 1.03. The highest BCUT2D eigenvalue weighted by Crippen LogP contribution is 2.64. The largest absolute Gasteiger partial charge is 0.311 e. The van der Waals surface area contributed by atoms with E-state index in [9.17, 15) is 4.39 Å². The number of hydrogen-bond donors (Lipinski definition) is 0. The van der Waals surface area contributed by atoms with Gasteiger partial charge in [0.25, 0.3) is 0 Å². The first-order valence-corrected chi connectivity index (χ1v) is 21.6. The fourth-order valence-electron chi connectivity index (χ4n) is 11.3. The Kier molecular flexibility index (Phi) is 7.13. The van der Waals surface area contributed by atoms with Gasteiger partial charge in [0.05, 0.1) is 22.0 Å². The minimum atomic E-state index is -0.502. The molecule has 2 aliphatic carbocycles. The van der Waals surface area contributed by atoms with Gasteiger partial charge in [-0.3, -0.25) is 0 Å². The van der Waals surface area contributed by atoms with Gasteiger partial charge in [-0.15, -0.1) is 0 Å². The molecule has 2 aromatic heterocycles. The number of hydrogen-bond acceptors (Lipinski definition) is 1. The van der Waals surface area contributed by atoms with Crippen LogP contribution in [-0.4, -0.2) is 4.40 Å². The minimum Gasteiger partial charge on any atom is -0.311 e. The Morgan fingerprint density at radius 3 is 1.66 bits per heavy atom. The van der Waals surface area contributed by atoms with Crippen LogP contribution in [-0.2, 0) is 10.8 Å². The lowest BCUT2D eigenvalue weighted by Gasteiger charge is -2.30. The second kappa shape index (κ2) is 12.5. The van der Waals surface area contributed by atoms with Crippen LogP contribution in [0.3, 0.4) is 0 Å². The smallest absolute Gasteiger partial charge is 0.123 e. The van der Waals surface area contributed by atoms with Gasteiger partial charge in [-0.25, -0.2) is 4.39 Å². The minimum absolute atomic E-state index is 0.0352. The molecule has 0 bridgehead atoms. The molecule has 0 unspecified atom stereocenters. The molecule has 62 heavy (non-hydrogen) atoms. The first kappa shape index (κ1) is 35.3. The van der Waals surface area contributed by atoms with Crippen LogP contribution in [0.5, 0.6) is 0 Å². The first-order chi connectivity index (χ1) is 30.3. The van der Waals surface area contributed by atoms with Gasteiger partial charge in [-0.2, -0.15) is 0 Å². The van der Waals surface area contributed by atoms with E-state index < -0.39 is 5.41 Å². The van der Waals surface area contributed by atoms with Crippen LogP contribution in [0.1, 0.15) is 48.6 Å². The lowest BCUT2D eigenvalue weighted by atomic mass is 9.70. The van der Waals surface area contributed by atoms with Gasteiger partial charge in [0.15, 0.2) is 0 Å². The predicted octanol–water partition coefficient (Wildman–Crippen LogP) is 15.8. The number of benzene rings is 9. The molecule has 0 amide bonds. The SMILES string of the molecule is CC(C)(C)c1ccc(N(c2ccc(F)cc2)c2ccc(-c3ccc4c(c3)C3(c5ccccc5-c5ccccc53)c3ccc5c6cccc7c8ccccc8n(c5c3-4)c76)cc2)cc1. The highest BCUT2D eigenvalue weighted by Gasteiger charge is 2.52. The summed E-state index contributed by atoms with van der Waals surface area (Å²) in [5.41, 5.74) is 20.4. The molecule has 294 valence electrons. The van der Waals surface area contributed by atoms with E-state index in [2.05, 4.69) is 200 Å². The predicted molar refractivity (Wildman–Crippen MR) is 256 cm³/mol. The quantitative estimate of drug-likeness (QED) is 0.172. The molecule has 2 heterocycles. The molecule has 2 nitrogen and oxygen atoms in total. The fourth-order valence-corrected chi connectivity index (χ4v) is 11.3. The number of anilines is 3. The summed E-state index contributed by atoms with van der Waals surface area (Å²) in [6, 6.07) is 70.2. The molecule has 9 aromatic carbocycles. The van der Waals surface area contributed by atoms with Gasteiger partial charge in [0, 0.05) is 44.2 Å². The molecule has 1 spiro atoms. The van der Waals surface area contributed by atoms with Gasteiger partial charge in [-0.1, -0.05) is 154 Å². The van der Waals surface area contributed by atoms with Crippen molar-refractivity contribution in [2.75, 3.05) is 4.90 Å². The first-order valence-electron chi connectivity index (χ1n) is 21.6. The third-order valence-corrected chi connectivity index (χ3v) is 14.0. The highest BCUT2D eigenvalue weighted by molar-refractivity contribution is 6.26. The van der Waals surface area contributed by atoms with Gasteiger partial charge in [-0.05, 0) is 122 Å². The standard InChI is InChI=1S/C59H41FN2/c1-58(2,3)38-22-28-41(29-23-38)61(42-30-24-39(60)25-31-42)40-26-19-36(20-27-40)37-21-32-49-53(35-37)59(50-16-7-4-11-43(50)44-12-5-8-17-51(44)59)52-34-33-48-47-15-10-14-46-45-13-6-9-18-54(45)62(56(46)47)57(48)55(49)52/h4-35H,1-3H3. The Labute approximate surface area is 360 Å². The molecule has 0 aliphatic heterocycles. The monoisotopic (exact) mass is 796 g/mol. The van der Waals surface area contributed by atoms with Crippen molar-refractivity contribution in [2.24, 2.45) is 0 Å². The van der Waals surface area contributed by atoms with Crippen molar-refractivity contribution in [2.45, 2.75) is 31.6 Å². The molecule has 13 rings (SSSR count). The van der Waals surface area contributed by atoms with Crippen molar-refractivity contribution in [3.8, 4) is 33.4 Å². The molecule has 0 saturated heterocycles. The maximum absolute atomic E-state index is 14.2. The second-order valence-electron chi connectivity index (χ2n) is 18.2. The molecule has 3 heteroatoms. The summed E-state index contributed by atoms with van der Waals surface area (Å²) in [6.45, 7) is 6.69. The Morgan fingerprint density at radius 2 is 0.984 bits per heavy atom. The number of aromatic nitrogens is 1. The normalized spacial score (nSPS) is 13.6. The lowest BCUT2D eigenvalue weighted by molar-refractivity contribution is 0.590. The summed E-state index contributed by atoms with van der Waals surface area (Å²) < 4.78 is 16.8. The third kappa shape index (κ3) is 4.63. The van der Waals surface area contributed by atoms with E-state index in [-0.39, 0.29) is 11.2 Å². The van der Waals surface area contributed by atoms with Crippen LogP contribution in [0, 0.1) is 5.82 Å². The van der Waals surface area contributed by atoms with Gasteiger partial charge >= 0.3 is 0 Å². The zero-order chi connectivity index (χ0) is 41.5. The van der Waals surface area contributed by atoms with Crippen molar-refractivity contribution in [1.82, 2.24) is 4.40 Å². The zero-order valence-electron chi connectivity index (χ0n) is 34.7. The zero-order valence-corrected chi connectivity index (χ0v) is 34.7. The summed E-state index contributed by atoms with van der Waals surface area (Å²) >= 11 is 0. The van der Waals surface area contributed by atoms with E-state index in [1.807, 2.05) is 12.1 Å². The number of nitrogens with zero attached hydrogens (tertiary/aromatic N) is 2. The van der Waals surface area contributed by atoms with Crippen molar-refractivity contribution in [1.29, 1.82) is 0 Å². The van der Waals surface area contributed by atoms with Crippen LogP contribution in [0.4, 0.5) is 21.5 Å². The second-order valence-corrected chi connectivity index (χ2v) is 18.2. The molecule has 2 aliphatic rings. The van der Waals surface area contributed by atoms with Crippen molar-refractivity contribution in [3.63, 3.8) is 0 Å². The van der Waals surface area contributed by atoms with Crippen LogP contribution in [0.2, 0.25) is 0 Å². The molecule has 0 radical (unpaired) electrons.